The summed E-state index contributed by atoms with van der Waals surface area (Å²) in [5, 5.41) is 0. The summed E-state index contributed by atoms with van der Waals surface area (Å²) < 4.78 is 15.5. The maximum Gasteiger partial charge on any atom is 0.330 e. The zero-order valence-electron chi connectivity index (χ0n) is 11.6. The molecule has 0 radical (unpaired) electrons. The minimum Gasteiger partial charge on any atom is -0.467 e. The van der Waals surface area contributed by atoms with E-state index in [-0.39, 0.29) is 24.7 Å². The monoisotopic (exact) mass is 271 g/mol. The van der Waals surface area contributed by atoms with Gasteiger partial charge in [-0.15, -0.1) is 0 Å². The van der Waals surface area contributed by atoms with Crippen LogP contribution in [-0.4, -0.2) is 61.9 Å². The smallest absolute Gasteiger partial charge is 0.330 e. The summed E-state index contributed by atoms with van der Waals surface area (Å²) in [5.74, 6) is -0.649. The molecule has 1 amide bonds. The first-order chi connectivity index (χ1) is 9.04. The molecule has 0 aromatic rings. The molecule has 1 aliphatic carbocycles. The highest BCUT2D eigenvalue weighted by atomic mass is 16.6. The van der Waals surface area contributed by atoms with E-state index >= 15 is 0 Å². The number of hydrogen-bond acceptors (Lipinski definition) is 5. The number of epoxide rings is 1. The first-order valence-electron chi connectivity index (χ1n) is 6.66. The second-order valence-corrected chi connectivity index (χ2v) is 5.14. The van der Waals surface area contributed by atoms with Gasteiger partial charge in [0.1, 0.15) is 0 Å². The molecule has 0 aromatic heterocycles. The zero-order valence-corrected chi connectivity index (χ0v) is 11.6. The van der Waals surface area contributed by atoms with Crippen LogP contribution in [0.5, 0.6) is 0 Å². The third-order valence-electron chi connectivity index (χ3n) is 3.78. The lowest BCUT2D eigenvalue weighted by Gasteiger charge is -2.30. The van der Waals surface area contributed by atoms with Gasteiger partial charge in [0.15, 0.2) is 12.1 Å². The molecule has 1 unspecified atom stereocenters. The quantitative estimate of drug-likeness (QED) is 0.515. The van der Waals surface area contributed by atoms with Gasteiger partial charge in [0.05, 0.1) is 25.9 Å². The second-order valence-electron chi connectivity index (χ2n) is 5.14. The summed E-state index contributed by atoms with van der Waals surface area (Å²) in [6.45, 7) is 2.01. The van der Waals surface area contributed by atoms with Gasteiger partial charge in [0, 0.05) is 7.05 Å². The van der Waals surface area contributed by atoms with Crippen LogP contribution >= 0.6 is 0 Å². The SMILES string of the molecule is COC(=O)C(COC1CCC1)N(C)C(=O)[C@@H]1O[C@H]1C. The Balaban J connectivity index is 1.90. The number of rotatable bonds is 6. The van der Waals surface area contributed by atoms with Crippen LogP contribution < -0.4 is 0 Å². The van der Waals surface area contributed by atoms with Crippen LogP contribution in [0.25, 0.3) is 0 Å². The summed E-state index contributed by atoms with van der Waals surface area (Å²) in [6.07, 6.45) is 2.92. The number of methoxy groups -OCH3 is 1. The lowest BCUT2D eigenvalue weighted by atomic mass is 9.96. The number of carbonyl (C=O) groups is 2. The van der Waals surface area contributed by atoms with E-state index < -0.39 is 18.1 Å². The maximum atomic E-state index is 12.0. The molecule has 0 aromatic carbocycles. The van der Waals surface area contributed by atoms with Crippen molar-refractivity contribution in [2.45, 2.75) is 50.5 Å². The minimum atomic E-state index is -0.700. The van der Waals surface area contributed by atoms with Crippen molar-refractivity contribution in [1.82, 2.24) is 4.90 Å². The maximum absolute atomic E-state index is 12.0. The number of nitrogens with zero attached hydrogens (tertiary/aromatic N) is 1. The number of hydrogen-bond donors (Lipinski definition) is 0. The van der Waals surface area contributed by atoms with Crippen LogP contribution in [0.1, 0.15) is 26.2 Å². The van der Waals surface area contributed by atoms with E-state index in [1.54, 1.807) is 7.05 Å². The fourth-order valence-electron chi connectivity index (χ4n) is 2.04. The van der Waals surface area contributed by atoms with Crippen molar-refractivity contribution in [2.75, 3.05) is 20.8 Å². The molecule has 3 atom stereocenters. The lowest BCUT2D eigenvalue weighted by Crippen LogP contribution is -2.48. The van der Waals surface area contributed by atoms with Gasteiger partial charge in [-0.1, -0.05) is 0 Å². The van der Waals surface area contributed by atoms with E-state index in [1.165, 1.54) is 12.0 Å². The molecule has 6 heteroatoms. The molecule has 2 rings (SSSR count). The van der Waals surface area contributed by atoms with E-state index in [0.29, 0.717) is 0 Å². The normalized spacial score (nSPS) is 27.3. The molecule has 1 saturated carbocycles. The van der Waals surface area contributed by atoms with Crippen LogP contribution in [-0.2, 0) is 23.8 Å². The van der Waals surface area contributed by atoms with Crippen LogP contribution in [0.4, 0.5) is 0 Å². The highest BCUT2D eigenvalue weighted by Gasteiger charge is 2.45. The van der Waals surface area contributed by atoms with Gasteiger partial charge in [-0.2, -0.15) is 0 Å². The van der Waals surface area contributed by atoms with Crippen molar-refractivity contribution in [3.05, 3.63) is 0 Å². The standard InChI is InChI=1S/C13H21NO5/c1-8-11(19-8)12(15)14(2)10(13(16)17-3)7-18-9-5-4-6-9/h8-11H,4-7H2,1-3H3/t8-,10?,11+/m0/s1. The molecular formula is C13H21NO5. The Kier molecular flexibility index (Phi) is 4.42. The average molecular weight is 271 g/mol. The van der Waals surface area contributed by atoms with Gasteiger partial charge < -0.3 is 19.1 Å². The molecule has 0 N–H and O–H groups in total. The zero-order chi connectivity index (χ0) is 14.0. The molecule has 1 aliphatic heterocycles. The number of likely N-dealkylation sites (N-methyl/N-ethyl adjacent to an activating group) is 1. The van der Waals surface area contributed by atoms with E-state index in [4.69, 9.17) is 14.2 Å². The minimum absolute atomic E-state index is 0.0687. The molecule has 19 heavy (non-hydrogen) atoms. The lowest BCUT2D eigenvalue weighted by molar-refractivity contribution is -0.156. The Hall–Kier alpha value is -1.14. The number of amides is 1. The van der Waals surface area contributed by atoms with E-state index in [9.17, 15) is 9.59 Å². The summed E-state index contributed by atoms with van der Waals surface area (Å²) >= 11 is 0. The van der Waals surface area contributed by atoms with Crippen molar-refractivity contribution in [1.29, 1.82) is 0 Å². The van der Waals surface area contributed by atoms with E-state index in [0.717, 1.165) is 19.3 Å². The van der Waals surface area contributed by atoms with E-state index in [2.05, 4.69) is 0 Å². The van der Waals surface area contributed by atoms with Crippen LogP contribution in [0.15, 0.2) is 0 Å². The molecule has 6 nitrogen and oxygen atoms in total. The molecule has 0 bridgehead atoms. The summed E-state index contributed by atoms with van der Waals surface area (Å²) in [5.41, 5.74) is 0. The van der Waals surface area contributed by atoms with Gasteiger partial charge in [0.2, 0.25) is 0 Å². The van der Waals surface area contributed by atoms with Crippen LogP contribution in [0.2, 0.25) is 0 Å². The van der Waals surface area contributed by atoms with E-state index in [1.807, 2.05) is 6.92 Å². The molecular weight excluding hydrogens is 250 g/mol. The predicted molar refractivity (Wildman–Crippen MR) is 66.5 cm³/mol. The highest BCUT2D eigenvalue weighted by Crippen LogP contribution is 2.25. The van der Waals surface area contributed by atoms with Gasteiger partial charge in [-0.05, 0) is 26.2 Å². The van der Waals surface area contributed by atoms with Gasteiger partial charge in [-0.25, -0.2) is 4.79 Å². The Bertz CT molecular complexity index is 355. The predicted octanol–water partition coefficient (Wildman–Crippen LogP) is 0.343. The van der Waals surface area contributed by atoms with Gasteiger partial charge in [0.25, 0.3) is 5.91 Å². The topological polar surface area (TPSA) is 68.4 Å². The Morgan fingerprint density at radius 3 is 2.47 bits per heavy atom. The van der Waals surface area contributed by atoms with Crippen molar-refractivity contribution >= 4 is 11.9 Å². The molecule has 108 valence electrons. The third-order valence-corrected chi connectivity index (χ3v) is 3.78. The largest absolute Gasteiger partial charge is 0.467 e. The van der Waals surface area contributed by atoms with Gasteiger partial charge in [-0.3, -0.25) is 4.79 Å². The van der Waals surface area contributed by atoms with Crippen molar-refractivity contribution in [3.63, 3.8) is 0 Å². The first-order valence-corrected chi connectivity index (χ1v) is 6.66. The molecule has 1 heterocycles. The second kappa shape index (κ2) is 5.88. The molecule has 1 saturated heterocycles. The Morgan fingerprint density at radius 1 is 1.42 bits per heavy atom. The van der Waals surface area contributed by atoms with Gasteiger partial charge >= 0.3 is 5.97 Å². The first kappa shape index (κ1) is 14.3. The fourth-order valence-corrected chi connectivity index (χ4v) is 2.04. The Morgan fingerprint density at radius 2 is 2.05 bits per heavy atom. The van der Waals surface area contributed by atoms with Crippen molar-refractivity contribution < 1.29 is 23.8 Å². The van der Waals surface area contributed by atoms with Crippen LogP contribution in [0.3, 0.4) is 0 Å². The Labute approximate surface area is 113 Å². The molecule has 2 aliphatic rings. The average Bonchev–Trinajstić information content (AvgIpc) is 3.07. The summed E-state index contributed by atoms with van der Waals surface area (Å²) in [6, 6.07) is -0.700. The third kappa shape index (κ3) is 3.25. The molecule has 2 fully saturated rings. The summed E-state index contributed by atoms with van der Waals surface area (Å²) in [7, 11) is 2.90. The number of carbonyl (C=O) groups excluding carboxylic acids is 2. The van der Waals surface area contributed by atoms with Crippen LogP contribution in [0, 0.1) is 0 Å². The number of esters is 1. The van der Waals surface area contributed by atoms with Crippen molar-refractivity contribution in [2.24, 2.45) is 0 Å². The van der Waals surface area contributed by atoms with Crippen molar-refractivity contribution in [3.8, 4) is 0 Å². The molecule has 0 spiro atoms. The number of ether oxygens (including phenoxy) is 3. The fraction of sp³-hybridized carbons (Fsp3) is 0.846. The summed E-state index contributed by atoms with van der Waals surface area (Å²) in [4.78, 5) is 25.2. The highest BCUT2D eigenvalue weighted by molar-refractivity contribution is 5.88.